The van der Waals surface area contributed by atoms with E-state index in [9.17, 15) is 18.0 Å². The van der Waals surface area contributed by atoms with Crippen LogP contribution in [0.4, 0.5) is 5.69 Å². The molecule has 0 atom stereocenters. The number of carbonyl (C=O) groups is 2. The molecule has 0 fully saturated rings. The molecule has 1 heterocycles. The largest absolute Gasteiger partial charge is 0.452 e. The van der Waals surface area contributed by atoms with Gasteiger partial charge in [0.05, 0.1) is 21.2 Å². The van der Waals surface area contributed by atoms with E-state index in [2.05, 4.69) is 26.2 Å². The summed E-state index contributed by atoms with van der Waals surface area (Å²) in [6.07, 6.45) is 2.80. The zero-order chi connectivity index (χ0) is 20.2. The average Bonchev–Trinajstić information content (AvgIpc) is 2.61. The highest BCUT2D eigenvalue weighted by atomic mass is 79.9. The number of hydrogen-bond donors (Lipinski definition) is 1. The molecule has 0 aliphatic rings. The Hall–Kier alpha value is -2.01. The van der Waals surface area contributed by atoms with Gasteiger partial charge in [0.25, 0.3) is 5.91 Å². The Morgan fingerprint density at radius 2 is 1.96 bits per heavy atom. The number of anilines is 1. The fraction of sp³-hybridized carbons (Fsp3) is 0.188. The Labute approximate surface area is 169 Å². The van der Waals surface area contributed by atoms with Crippen LogP contribution in [-0.4, -0.2) is 50.3 Å². The van der Waals surface area contributed by atoms with Crippen molar-refractivity contribution in [3.8, 4) is 0 Å². The van der Waals surface area contributed by atoms with Crippen LogP contribution in [0.5, 0.6) is 0 Å². The summed E-state index contributed by atoms with van der Waals surface area (Å²) in [5.41, 5.74) is 0.263. The van der Waals surface area contributed by atoms with E-state index in [-0.39, 0.29) is 21.2 Å². The molecule has 144 valence electrons. The third-order valence-corrected chi connectivity index (χ3v) is 5.84. The van der Waals surface area contributed by atoms with Crippen LogP contribution >= 0.6 is 27.5 Å². The first-order chi connectivity index (χ1) is 12.6. The molecule has 0 unspecified atom stereocenters. The second-order valence-corrected chi connectivity index (χ2v) is 8.92. The highest BCUT2D eigenvalue weighted by molar-refractivity contribution is 9.10. The van der Waals surface area contributed by atoms with Gasteiger partial charge in [-0.15, -0.1) is 0 Å². The third kappa shape index (κ3) is 5.48. The fourth-order valence-corrected chi connectivity index (χ4v) is 3.35. The van der Waals surface area contributed by atoms with E-state index in [1.165, 1.54) is 50.8 Å². The van der Waals surface area contributed by atoms with Gasteiger partial charge in [-0.05, 0) is 40.2 Å². The van der Waals surface area contributed by atoms with Gasteiger partial charge in [-0.1, -0.05) is 11.6 Å². The zero-order valence-corrected chi connectivity index (χ0v) is 17.4. The first-order valence-electron chi connectivity index (χ1n) is 7.41. The van der Waals surface area contributed by atoms with Crippen LogP contribution in [0.15, 0.2) is 46.0 Å². The van der Waals surface area contributed by atoms with Gasteiger partial charge in [-0.25, -0.2) is 17.5 Å². The zero-order valence-electron chi connectivity index (χ0n) is 14.3. The van der Waals surface area contributed by atoms with Gasteiger partial charge in [-0.3, -0.25) is 9.78 Å². The number of sulfonamides is 1. The van der Waals surface area contributed by atoms with Crippen LogP contribution < -0.4 is 5.32 Å². The molecule has 2 rings (SSSR count). The predicted molar refractivity (Wildman–Crippen MR) is 103 cm³/mol. The predicted octanol–water partition coefficient (Wildman–Crippen LogP) is 2.54. The van der Waals surface area contributed by atoms with Crippen LogP contribution in [0.3, 0.4) is 0 Å². The Morgan fingerprint density at radius 3 is 2.59 bits per heavy atom. The number of rotatable bonds is 6. The molecule has 11 heteroatoms. The molecule has 0 bridgehead atoms. The van der Waals surface area contributed by atoms with Crippen molar-refractivity contribution in [1.82, 2.24) is 9.29 Å². The van der Waals surface area contributed by atoms with Crippen molar-refractivity contribution >= 4 is 55.1 Å². The van der Waals surface area contributed by atoms with Crippen molar-refractivity contribution in [3.63, 3.8) is 0 Å². The molecule has 1 amide bonds. The first kappa shape index (κ1) is 21.3. The van der Waals surface area contributed by atoms with Gasteiger partial charge in [0, 0.05) is 31.0 Å². The molecular formula is C16H15BrClN3O5S. The second kappa shape index (κ2) is 8.79. The van der Waals surface area contributed by atoms with Gasteiger partial charge in [-0.2, -0.15) is 0 Å². The summed E-state index contributed by atoms with van der Waals surface area (Å²) in [4.78, 5) is 27.7. The maximum atomic E-state index is 12.2. The summed E-state index contributed by atoms with van der Waals surface area (Å²) < 4.78 is 30.9. The summed E-state index contributed by atoms with van der Waals surface area (Å²) in [7, 11) is -0.916. The van der Waals surface area contributed by atoms with Crippen molar-refractivity contribution in [1.29, 1.82) is 0 Å². The molecule has 0 spiro atoms. The van der Waals surface area contributed by atoms with Gasteiger partial charge in [0.15, 0.2) is 6.61 Å². The minimum Gasteiger partial charge on any atom is -0.452 e. The minimum absolute atomic E-state index is 0.0376. The number of ether oxygens (including phenoxy) is 1. The van der Waals surface area contributed by atoms with E-state index in [0.717, 1.165) is 4.31 Å². The molecule has 1 aromatic carbocycles. The molecule has 0 aliphatic heterocycles. The molecule has 0 aliphatic carbocycles. The lowest BCUT2D eigenvalue weighted by Crippen LogP contribution is -2.23. The normalized spacial score (nSPS) is 11.3. The summed E-state index contributed by atoms with van der Waals surface area (Å²) in [6.45, 7) is -0.577. The fourth-order valence-electron chi connectivity index (χ4n) is 1.90. The molecule has 27 heavy (non-hydrogen) atoms. The summed E-state index contributed by atoms with van der Waals surface area (Å²) in [5.74, 6) is -1.40. The number of carbonyl (C=O) groups excluding carboxylic acids is 2. The number of nitrogens with one attached hydrogen (secondary N) is 1. The Bertz CT molecular complexity index is 982. The number of benzene rings is 1. The van der Waals surface area contributed by atoms with Crippen LogP contribution in [0.25, 0.3) is 0 Å². The number of halogens is 2. The van der Waals surface area contributed by atoms with E-state index in [4.69, 9.17) is 16.3 Å². The Morgan fingerprint density at radius 1 is 1.26 bits per heavy atom. The monoisotopic (exact) mass is 475 g/mol. The van der Waals surface area contributed by atoms with Crippen LogP contribution in [-0.2, 0) is 19.6 Å². The third-order valence-electron chi connectivity index (χ3n) is 3.27. The highest BCUT2D eigenvalue weighted by Crippen LogP contribution is 2.26. The van der Waals surface area contributed by atoms with Crippen molar-refractivity contribution in [3.05, 3.63) is 51.7 Å². The summed E-state index contributed by atoms with van der Waals surface area (Å²) in [6, 6.07) is 5.41. The molecule has 8 nitrogen and oxygen atoms in total. The van der Waals surface area contributed by atoms with Crippen molar-refractivity contribution in [2.75, 3.05) is 26.0 Å². The van der Waals surface area contributed by atoms with Crippen LogP contribution in [0.2, 0.25) is 5.02 Å². The topological polar surface area (TPSA) is 106 Å². The number of nitrogens with zero attached hydrogens (tertiary/aromatic N) is 2. The number of aromatic nitrogens is 1. The number of pyridine rings is 1. The average molecular weight is 477 g/mol. The van der Waals surface area contributed by atoms with E-state index in [0.29, 0.717) is 4.47 Å². The van der Waals surface area contributed by atoms with Crippen molar-refractivity contribution < 1.29 is 22.7 Å². The van der Waals surface area contributed by atoms with Crippen molar-refractivity contribution in [2.24, 2.45) is 0 Å². The SMILES string of the molecule is CN(C)S(=O)(=O)c1ccc(Cl)c(NC(=O)COC(=O)c2cncc(Br)c2)c1. The molecule has 1 N–H and O–H groups in total. The lowest BCUT2D eigenvalue weighted by Gasteiger charge is -2.14. The number of hydrogen-bond acceptors (Lipinski definition) is 6. The molecule has 1 aromatic heterocycles. The Kier molecular flexibility index (Phi) is 6.93. The van der Waals surface area contributed by atoms with Gasteiger partial charge in [0.2, 0.25) is 10.0 Å². The van der Waals surface area contributed by atoms with E-state index in [1.54, 1.807) is 0 Å². The van der Waals surface area contributed by atoms with Gasteiger partial charge >= 0.3 is 5.97 Å². The van der Waals surface area contributed by atoms with Crippen LogP contribution in [0.1, 0.15) is 10.4 Å². The lowest BCUT2D eigenvalue weighted by molar-refractivity contribution is -0.119. The van der Waals surface area contributed by atoms with Gasteiger partial charge in [0.1, 0.15) is 0 Å². The van der Waals surface area contributed by atoms with Gasteiger partial charge < -0.3 is 10.1 Å². The number of esters is 1. The molecule has 2 aromatic rings. The standard InChI is InChI=1S/C16H15BrClN3O5S/c1-21(2)27(24,25)12-3-4-13(18)14(6-12)20-15(22)9-26-16(23)10-5-11(17)8-19-7-10/h3-8H,9H2,1-2H3,(H,20,22). The smallest absolute Gasteiger partial charge is 0.340 e. The highest BCUT2D eigenvalue weighted by Gasteiger charge is 2.19. The van der Waals surface area contributed by atoms with E-state index >= 15 is 0 Å². The number of amides is 1. The second-order valence-electron chi connectivity index (χ2n) is 5.45. The quantitative estimate of drug-likeness (QED) is 0.642. The molecule has 0 saturated heterocycles. The molecule has 0 saturated carbocycles. The first-order valence-corrected chi connectivity index (χ1v) is 10.0. The van der Waals surface area contributed by atoms with E-state index in [1.807, 2.05) is 0 Å². The Balaban J connectivity index is 2.06. The molecular weight excluding hydrogens is 462 g/mol. The van der Waals surface area contributed by atoms with Crippen molar-refractivity contribution in [2.45, 2.75) is 4.90 Å². The maximum Gasteiger partial charge on any atom is 0.340 e. The summed E-state index contributed by atoms with van der Waals surface area (Å²) in [5, 5.41) is 2.57. The summed E-state index contributed by atoms with van der Waals surface area (Å²) >= 11 is 9.18. The minimum atomic E-state index is -3.69. The lowest BCUT2D eigenvalue weighted by atomic mass is 10.3. The van der Waals surface area contributed by atoms with E-state index < -0.39 is 28.5 Å². The van der Waals surface area contributed by atoms with Crippen LogP contribution in [0, 0.1) is 0 Å². The molecule has 0 radical (unpaired) electrons. The maximum absolute atomic E-state index is 12.2.